The van der Waals surface area contributed by atoms with Crippen molar-refractivity contribution in [1.29, 1.82) is 0 Å². The summed E-state index contributed by atoms with van der Waals surface area (Å²) >= 11 is 5.35. The van der Waals surface area contributed by atoms with Gasteiger partial charge >= 0.3 is 0 Å². The second-order valence-corrected chi connectivity index (χ2v) is 5.92. The maximum atomic E-state index is 3.58. The molecule has 0 atom stereocenters. The van der Waals surface area contributed by atoms with Crippen molar-refractivity contribution in [1.82, 2.24) is 0 Å². The lowest BCUT2D eigenvalue weighted by atomic mass is 10.2. The number of hydrogen-bond acceptors (Lipinski definition) is 2. The van der Waals surface area contributed by atoms with Crippen molar-refractivity contribution in [3.8, 4) is 0 Å². The lowest BCUT2D eigenvalue weighted by Crippen LogP contribution is -2.00. The molecule has 0 saturated heterocycles. The molecule has 0 aromatic heterocycles. The number of thioether (sulfide) groups is 1. The lowest BCUT2D eigenvalue weighted by molar-refractivity contribution is 1.14. The van der Waals surface area contributed by atoms with Gasteiger partial charge < -0.3 is 5.32 Å². The van der Waals surface area contributed by atoms with Crippen LogP contribution < -0.4 is 5.32 Å². The molecule has 2 aromatic rings. The van der Waals surface area contributed by atoms with Gasteiger partial charge in [-0.3, -0.25) is 0 Å². The summed E-state index contributed by atoms with van der Waals surface area (Å²) in [7, 11) is 0. The molecule has 0 fully saturated rings. The van der Waals surface area contributed by atoms with Gasteiger partial charge in [0.2, 0.25) is 0 Å². The molecule has 0 bridgehead atoms. The van der Waals surface area contributed by atoms with Crippen LogP contribution in [0.2, 0.25) is 0 Å². The Kier molecular flexibility index (Phi) is 4.72. The highest BCUT2D eigenvalue weighted by atomic mass is 79.9. The fourth-order valence-corrected chi connectivity index (χ4v) is 2.75. The first kappa shape index (κ1) is 13.5. The normalized spacial score (nSPS) is 10.4. The molecule has 2 aromatic carbocycles. The monoisotopic (exact) mass is 321 g/mol. The summed E-state index contributed by atoms with van der Waals surface area (Å²) in [5.41, 5.74) is 3.69. The molecule has 0 aliphatic carbocycles. The van der Waals surface area contributed by atoms with Crippen LogP contribution in [0.1, 0.15) is 11.1 Å². The first-order valence-corrected chi connectivity index (χ1v) is 7.84. The molecule has 0 spiro atoms. The molecule has 1 nitrogen and oxygen atoms in total. The molecule has 1 N–H and O–H groups in total. The third kappa shape index (κ3) is 3.53. The van der Waals surface area contributed by atoms with Gasteiger partial charge in [0.25, 0.3) is 0 Å². The van der Waals surface area contributed by atoms with Gasteiger partial charge in [0.15, 0.2) is 0 Å². The predicted molar refractivity (Wildman–Crippen MR) is 84.4 cm³/mol. The Labute approximate surface area is 121 Å². The zero-order valence-electron chi connectivity index (χ0n) is 10.5. The van der Waals surface area contributed by atoms with Crippen molar-refractivity contribution in [3.05, 3.63) is 58.1 Å². The van der Waals surface area contributed by atoms with Crippen LogP contribution in [0.15, 0.2) is 51.8 Å². The van der Waals surface area contributed by atoms with Gasteiger partial charge in [0.05, 0.1) is 0 Å². The van der Waals surface area contributed by atoms with E-state index >= 15 is 0 Å². The maximum Gasteiger partial charge on any atom is 0.0487 e. The van der Waals surface area contributed by atoms with Crippen molar-refractivity contribution >= 4 is 33.4 Å². The number of anilines is 1. The van der Waals surface area contributed by atoms with Gasteiger partial charge in [0, 0.05) is 21.6 Å². The first-order valence-electron chi connectivity index (χ1n) is 5.82. The van der Waals surface area contributed by atoms with Crippen molar-refractivity contribution in [2.24, 2.45) is 0 Å². The summed E-state index contributed by atoms with van der Waals surface area (Å²) in [6.45, 7) is 2.94. The summed E-state index contributed by atoms with van der Waals surface area (Å²) < 4.78 is 1.11. The van der Waals surface area contributed by atoms with Crippen LogP contribution in [-0.4, -0.2) is 6.26 Å². The Bertz CT molecular complexity index is 523. The number of benzene rings is 2. The van der Waals surface area contributed by atoms with Gasteiger partial charge in [0.1, 0.15) is 0 Å². The third-order valence-corrected chi connectivity index (χ3v) is 4.17. The van der Waals surface area contributed by atoms with Crippen molar-refractivity contribution < 1.29 is 0 Å². The minimum Gasteiger partial charge on any atom is -0.380 e. The summed E-state index contributed by atoms with van der Waals surface area (Å²) in [5.74, 6) is 0. The Balaban J connectivity index is 2.02. The van der Waals surface area contributed by atoms with Crippen LogP contribution in [0.5, 0.6) is 0 Å². The molecular weight excluding hydrogens is 306 g/mol. The Morgan fingerprint density at radius 2 is 1.83 bits per heavy atom. The molecule has 18 heavy (non-hydrogen) atoms. The highest BCUT2D eigenvalue weighted by Crippen LogP contribution is 2.24. The maximum absolute atomic E-state index is 3.58. The summed E-state index contributed by atoms with van der Waals surface area (Å²) in [5, 5.41) is 3.44. The second-order valence-electron chi connectivity index (χ2n) is 4.18. The van der Waals surface area contributed by atoms with E-state index in [9.17, 15) is 0 Å². The third-order valence-electron chi connectivity index (χ3n) is 2.77. The van der Waals surface area contributed by atoms with E-state index in [1.807, 2.05) is 0 Å². The minimum absolute atomic E-state index is 0.844. The Morgan fingerprint density at radius 1 is 1.11 bits per heavy atom. The van der Waals surface area contributed by atoms with Crippen LogP contribution in [0.25, 0.3) is 0 Å². The van der Waals surface area contributed by atoms with E-state index in [1.54, 1.807) is 11.8 Å². The molecule has 2 rings (SSSR count). The highest BCUT2D eigenvalue weighted by Gasteiger charge is 2.00. The fraction of sp³-hybridized carbons (Fsp3) is 0.200. The van der Waals surface area contributed by atoms with Crippen molar-refractivity contribution in [3.63, 3.8) is 0 Å². The zero-order chi connectivity index (χ0) is 13.0. The summed E-state index contributed by atoms with van der Waals surface area (Å²) in [6.07, 6.45) is 2.09. The quantitative estimate of drug-likeness (QED) is 0.787. The number of aryl methyl sites for hydroxylation is 1. The van der Waals surface area contributed by atoms with E-state index in [2.05, 4.69) is 76.9 Å². The van der Waals surface area contributed by atoms with E-state index in [-0.39, 0.29) is 0 Å². The van der Waals surface area contributed by atoms with Crippen LogP contribution >= 0.6 is 27.7 Å². The molecule has 0 saturated carbocycles. The Hall–Kier alpha value is -0.930. The molecule has 3 heteroatoms. The van der Waals surface area contributed by atoms with Crippen LogP contribution in [0.4, 0.5) is 5.69 Å². The summed E-state index contributed by atoms with van der Waals surface area (Å²) in [6, 6.07) is 15.0. The Morgan fingerprint density at radius 3 is 2.44 bits per heavy atom. The predicted octanol–water partition coefficient (Wildman–Crippen LogP) is 5.09. The van der Waals surface area contributed by atoms with E-state index < -0.39 is 0 Å². The van der Waals surface area contributed by atoms with E-state index in [0.29, 0.717) is 0 Å². The average molecular weight is 322 g/mol. The van der Waals surface area contributed by atoms with Crippen LogP contribution in [-0.2, 0) is 6.54 Å². The van der Waals surface area contributed by atoms with Gasteiger partial charge in [-0.1, -0.05) is 18.2 Å². The molecule has 0 radical (unpaired) electrons. The van der Waals surface area contributed by atoms with Gasteiger partial charge in [-0.05, 0) is 64.5 Å². The molecule has 0 aliphatic heterocycles. The lowest BCUT2D eigenvalue weighted by Gasteiger charge is -2.09. The standard InChI is InChI=1S/C15H16BrNS/c1-11-3-8-15(14(16)9-11)17-10-12-4-6-13(18-2)7-5-12/h3-9,17H,10H2,1-2H3. The second kappa shape index (κ2) is 6.30. The van der Waals surface area contributed by atoms with Gasteiger partial charge in [-0.15, -0.1) is 11.8 Å². The molecule has 0 aliphatic rings. The molecule has 0 heterocycles. The summed E-state index contributed by atoms with van der Waals surface area (Å²) in [4.78, 5) is 1.30. The SMILES string of the molecule is CSc1ccc(CNc2ccc(C)cc2Br)cc1. The molecule has 0 amide bonds. The molecule has 0 unspecified atom stereocenters. The number of rotatable bonds is 4. The van der Waals surface area contributed by atoms with E-state index in [4.69, 9.17) is 0 Å². The average Bonchev–Trinajstić information content (AvgIpc) is 2.38. The van der Waals surface area contributed by atoms with Gasteiger partial charge in [-0.25, -0.2) is 0 Å². The topological polar surface area (TPSA) is 12.0 Å². The molecule has 94 valence electrons. The van der Waals surface area contributed by atoms with Gasteiger partial charge in [-0.2, -0.15) is 0 Å². The van der Waals surface area contributed by atoms with Crippen molar-refractivity contribution in [2.75, 3.05) is 11.6 Å². The number of halogens is 1. The first-order chi connectivity index (χ1) is 8.69. The van der Waals surface area contributed by atoms with Crippen molar-refractivity contribution in [2.45, 2.75) is 18.4 Å². The largest absolute Gasteiger partial charge is 0.380 e. The van der Waals surface area contributed by atoms with Crippen LogP contribution in [0.3, 0.4) is 0 Å². The molecular formula is C15H16BrNS. The minimum atomic E-state index is 0.844. The fourth-order valence-electron chi connectivity index (χ4n) is 1.70. The van der Waals surface area contributed by atoms with E-state index in [1.165, 1.54) is 16.0 Å². The number of nitrogens with one attached hydrogen (secondary N) is 1. The van der Waals surface area contributed by atoms with Crippen LogP contribution in [0, 0.1) is 6.92 Å². The number of hydrogen-bond donors (Lipinski definition) is 1. The smallest absolute Gasteiger partial charge is 0.0487 e. The zero-order valence-corrected chi connectivity index (χ0v) is 12.9. The van der Waals surface area contributed by atoms with E-state index in [0.717, 1.165) is 16.7 Å². The highest BCUT2D eigenvalue weighted by molar-refractivity contribution is 9.10.